The number of nitrogens with zero attached hydrogens (tertiary/aromatic N) is 1. The summed E-state index contributed by atoms with van der Waals surface area (Å²) in [5, 5.41) is 0.944. The first-order valence-corrected chi connectivity index (χ1v) is 6.40. The molecule has 0 bridgehead atoms. The predicted molar refractivity (Wildman–Crippen MR) is 71.8 cm³/mol. The summed E-state index contributed by atoms with van der Waals surface area (Å²) in [6, 6.07) is 0. The molecule has 0 radical (unpaired) electrons. The summed E-state index contributed by atoms with van der Waals surface area (Å²) < 4.78 is 5.55. The molecule has 0 N–H and O–H groups in total. The fourth-order valence-corrected chi connectivity index (χ4v) is 2.70. The SMILES string of the molecule is C=C=C1SC(/C(=C/C)OCC)=NC1(C)CC. The van der Waals surface area contributed by atoms with Crippen molar-refractivity contribution in [2.75, 3.05) is 6.61 Å². The zero-order valence-corrected chi connectivity index (χ0v) is 11.3. The van der Waals surface area contributed by atoms with E-state index in [1.165, 1.54) is 0 Å². The minimum absolute atomic E-state index is 0.174. The van der Waals surface area contributed by atoms with Gasteiger partial charge in [0.1, 0.15) is 10.8 Å². The highest BCUT2D eigenvalue weighted by atomic mass is 32.2. The standard InChI is InChI=1S/C13H19NOS/c1-6-10(15-9-4)12-14-13(5,8-3)11(7-2)16-12/h6H,2,8-9H2,1,3-5H3/b10-6-. The van der Waals surface area contributed by atoms with Crippen LogP contribution in [0.2, 0.25) is 0 Å². The first-order chi connectivity index (χ1) is 7.61. The largest absolute Gasteiger partial charge is 0.491 e. The van der Waals surface area contributed by atoms with Gasteiger partial charge < -0.3 is 4.74 Å². The van der Waals surface area contributed by atoms with Crippen molar-refractivity contribution in [1.29, 1.82) is 0 Å². The zero-order chi connectivity index (χ0) is 12.2. The van der Waals surface area contributed by atoms with E-state index < -0.39 is 0 Å². The van der Waals surface area contributed by atoms with Crippen molar-refractivity contribution >= 4 is 16.8 Å². The molecule has 1 rings (SSSR count). The van der Waals surface area contributed by atoms with Crippen LogP contribution in [0.5, 0.6) is 0 Å². The van der Waals surface area contributed by atoms with Crippen LogP contribution >= 0.6 is 11.8 Å². The Balaban J connectivity index is 3.03. The summed E-state index contributed by atoms with van der Waals surface area (Å²) in [5.41, 5.74) is 2.82. The van der Waals surface area contributed by atoms with Crippen molar-refractivity contribution in [1.82, 2.24) is 0 Å². The average Bonchev–Trinajstić information content (AvgIpc) is 2.64. The van der Waals surface area contributed by atoms with E-state index in [-0.39, 0.29) is 5.54 Å². The van der Waals surface area contributed by atoms with E-state index in [4.69, 9.17) is 9.73 Å². The fraction of sp³-hybridized carbons (Fsp3) is 0.538. The summed E-state index contributed by atoms with van der Waals surface area (Å²) >= 11 is 1.61. The molecular formula is C13H19NOS. The van der Waals surface area contributed by atoms with E-state index >= 15 is 0 Å². The lowest BCUT2D eigenvalue weighted by atomic mass is 10.00. The molecule has 0 saturated carbocycles. The molecule has 2 nitrogen and oxygen atoms in total. The van der Waals surface area contributed by atoms with Crippen molar-refractivity contribution in [3.8, 4) is 0 Å². The molecule has 0 aromatic carbocycles. The van der Waals surface area contributed by atoms with Gasteiger partial charge in [-0.2, -0.15) is 0 Å². The average molecular weight is 237 g/mol. The molecule has 16 heavy (non-hydrogen) atoms. The second kappa shape index (κ2) is 5.42. The molecule has 1 aliphatic heterocycles. The van der Waals surface area contributed by atoms with Gasteiger partial charge in [0, 0.05) is 0 Å². The van der Waals surface area contributed by atoms with Gasteiger partial charge in [0.15, 0.2) is 0 Å². The van der Waals surface area contributed by atoms with Crippen molar-refractivity contribution in [2.24, 2.45) is 4.99 Å². The first-order valence-electron chi connectivity index (χ1n) is 5.59. The van der Waals surface area contributed by atoms with Crippen LogP contribution in [0.4, 0.5) is 0 Å². The lowest BCUT2D eigenvalue weighted by molar-refractivity contribution is 0.250. The van der Waals surface area contributed by atoms with E-state index in [1.807, 2.05) is 19.9 Å². The molecule has 0 fully saturated rings. The maximum absolute atomic E-state index is 5.55. The lowest BCUT2D eigenvalue weighted by Crippen LogP contribution is -2.18. The fourth-order valence-electron chi connectivity index (χ4n) is 1.50. The number of ether oxygens (including phenoxy) is 1. The van der Waals surface area contributed by atoms with Crippen molar-refractivity contribution < 1.29 is 4.74 Å². The predicted octanol–water partition coefficient (Wildman–Crippen LogP) is 3.91. The van der Waals surface area contributed by atoms with Crippen LogP contribution in [0.1, 0.15) is 34.1 Å². The first kappa shape index (κ1) is 13.1. The number of allylic oxidation sites excluding steroid dienone is 1. The summed E-state index contributed by atoms with van der Waals surface area (Å²) in [4.78, 5) is 5.81. The van der Waals surface area contributed by atoms with Gasteiger partial charge in [-0.25, -0.2) is 0 Å². The highest BCUT2D eigenvalue weighted by Gasteiger charge is 2.35. The summed E-state index contributed by atoms with van der Waals surface area (Å²) in [6.45, 7) is 12.6. The molecule has 88 valence electrons. The molecule has 0 aromatic rings. The molecule has 1 heterocycles. The maximum Gasteiger partial charge on any atom is 0.147 e. The number of aliphatic imine (C=N–C) groups is 1. The van der Waals surface area contributed by atoms with Crippen molar-refractivity contribution in [3.63, 3.8) is 0 Å². The molecular weight excluding hydrogens is 218 g/mol. The van der Waals surface area contributed by atoms with Crippen LogP contribution in [0.15, 0.2) is 34.0 Å². The lowest BCUT2D eigenvalue weighted by Gasteiger charge is -2.17. The molecule has 3 heteroatoms. The Hall–Kier alpha value is -0.920. The third-order valence-electron chi connectivity index (χ3n) is 2.66. The van der Waals surface area contributed by atoms with Gasteiger partial charge in [-0.3, -0.25) is 4.99 Å². The van der Waals surface area contributed by atoms with Crippen molar-refractivity contribution in [3.05, 3.63) is 29.1 Å². The molecule has 0 saturated heterocycles. The second-order valence-electron chi connectivity index (χ2n) is 3.74. The highest BCUT2D eigenvalue weighted by Crippen LogP contribution is 2.42. The van der Waals surface area contributed by atoms with Gasteiger partial charge in [0.05, 0.1) is 17.1 Å². The van der Waals surface area contributed by atoms with E-state index in [1.54, 1.807) is 11.8 Å². The zero-order valence-electron chi connectivity index (χ0n) is 10.5. The summed E-state index contributed by atoms with van der Waals surface area (Å²) in [5.74, 6) is 0.859. The normalized spacial score (nSPS) is 25.4. The van der Waals surface area contributed by atoms with Gasteiger partial charge in [0.25, 0.3) is 0 Å². The Bertz CT molecular complexity index is 377. The molecule has 0 amide bonds. The molecule has 1 aliphatic rings. The molecule has 0 spiro atoms. The molecule has 0 aromatic heterocycles. The number of thioether (sulfide) groups is 1. The molecule has 0 aliphatic carbocycles. The van der Waals surface area contributed by atoms with Crippen LogP contribution in [0.3, 0.4) is 0 Å². The maximum atomic E-state index is 5.55. The van der Waals surface area contributed by atoms with Gasteiger partial charge >= 0.3 is 0 Å². The Labute approximate surface area is 102 Å². The smallest absolute Gasteiger partial charge is 0.147 e. The number of hydrogen-bond acceptors (Lipinski definition) is 3. The Morgan fingerprint density at radius 3 is 2.69 bits per heavy atom. The summed E-state index contributed by atoms with van der Waals surface area (Å²) in [7, 11) is 0. The molecule has 1 unspecified atom stereocenters. The third kappa shape index (κ3) is 2.42. The minimum Gasteiger partial charge on any atom is -0.491 e. The Kier molecular flexibility index (Phi) is 4.45. The van der Waals surface area contributed by atoms with Crippen LogP contribution in [0.25, 0.3) is 0 Å². The van der Waals surface area contributed by atoms with E-state index in [2.05, 4.69) is 26.2 Å². The van der Waals surface area contributed by atoms with Gasteiger partial charge in [-0.1, -0.05) is 25.3 Å². The Morgan fingerprint density at radius 2 is 2.31 bits per heavy atom. The number of hydrogen-bond donors (Lipinski definition) is 0. The van der Waals surface area contributed by atoms with E-state index in [9.17, 15) is 0 Å². The van der Waals surface area contributed by atoms with E-state index in [0.29, 0.717) is 6.61 Å². The minimum atomic E-state index is -0.174. The quantitative estimate of drug-likeness (QED) is 0.546. The van der Waals surface area contributed by atoms with Gasteiger partial charge in [-0.05, 0) is 33.3 Å². The van der Waals surface area contributed by atoms with Crippen molar-refractivity contribution in [2.45, 2.75) is 39.7 Å². The van der Waals surface area contributed by atoms with Gasteiger partial charge in [-0.15, -0.1) is 5.73 Å². The van der Waals surface area contributed by atoms with Crippen LogP contribution in [-0.4, -0.2) is 17.2 Å². The second-order valence-corrected chi connectivity index (χ2v) is 4.74. The number of rotatable bonds is 4. The van der Waals surface area contributed by atoms with E-state index in [0.717, 1.165) is 22.1 Å². The molecule has 1 atom stereocenters. The van der Waals surface area contributed by atoms with Gasteiger partial charge in [0.2, 0.25) is 0 Å². The monoisotopic (exact) mass is 237 g/mol. The van der Waals surface area contributed by atoms with Crippen LogP contribution < -0.4 is 0 Å². The third-order valence-corrected chi connectivity index (χ3v) is 3.93. The summed E-state index contributed by atoms with van der Waals surface area (Å²) in [6.07, 6.45) is 2.90. The van der Waals surface area contributed by atoms with Crippen LogP contribution in [-0.2, 0) is 4.74 Å². The topological polar surface area (TPSA) is 21.6 Å². The Morgan fingerprint density at radius 1 is 1.62 bits per heavy atom. The highest BCUT2D eigenvalue weighted by molar-refractivity contribution is 8.18. The van der Waals surface area contributed by atoms with Crippen LogP contribution in [0, 0.1) is 0 Å².